The van der Waals surface area contributed by atoms with E-state index in [1.54, 1.807) is 6.07 Å². The monoisotopic (exact) mass is 410 g/mol. The number of carbonyl (C=O) groups is 1. The van der Waals surface area contributed by atoms with E-state index in [1.165, 1.54) is 5.56 Å². The van der Waals surface area contributed by atoms with Crippen LogP contribution in [0.2, 0.25) is 0 Å². The predicted molar refractivity (Wildman–Crippen MR) is 115 cm³/mol. The van der Waals surface area contributed by atoms with E-state index in [1.807, 2.05) is 31.2 Å². The first-order valence-corrected chi connectivity index (χ1v) is 10.8. The summed E-state index contributed by atoms with van der Waals surface area (Å²) >= 11 is 0. The van der Waals surface area contributed by atoms with Crippen molar-refractivity contribution >= 4 is 6.03 Å². The van der Waals surface area contributed by atoms with Crippen LogP contribution in [0.1, 0.15) is 48.9 Å². The molecule has 1 atom stereocenters. The lowest BCUT2D eigenvalue weighted by atomic mass is 9.74. The van der Waals surface area contributed by atoms with Crippen LogP contribution in [0.5, 0.6) is 11.5 Å². The zero-order valence-electron chi connectivity index (χ0n) is 17.4. The Labute approximate surface area is 177 Å². The van der Waals surface area contributed by atoms with E-state index >= 15 is 0 Å². The third kappa shape index (κ3) is 4.24. The van der Waals surface area contributed by atoms with Gasteiger partial charge in [-0.1, -0.05) is 24.3 Å². The molecule has 2 aromatic carbocycles. The summed E-state index contributed by atoms with van der Waals surface area (Å²) in [6, 6.07) is 13.5. The maximum Gasteiger partial charge on any atom is 0.315 e. The minimum atomic E-state index is -0.173. The summed E-state index contributed by atoms with van der Waals surface area (Å²) in [4.78, 5) is 12.7. The third-order valence-corrected chi connectivity index (χ3v) is 6.37. The lowest BCUT2D eigenvalue weighted by molar-refractivity contribution is 0.0506. The highest BCUT2D eigenvalue weighted by Crippen LogP contribution is 2.37. The van der Waals surface area contributed by atoms with Crippen molar-refractivity contribution in [2.75, 3.05) is 26.4 Å². The van der Waals surface area contributed by atoms with E-state index in [4.69, 9.17) is 9.47 Å². The number of rotatable bonds is 6. The van der Waals surface area contributed by atoms with Crippen LogP contribution >= 0.6 is 0 Å². The number of phenols is 1. The van der Waals surface area contributed by atoms with Crippen LogP contribution in [-0.4, -0.2) is 37.5 Å². The molecule has 1 fully saturated rings. The van der Waals surface area contributed by atoms with Gasteiger partial charge in [-0.15, -0.1) is 0 Å². The van der Waals surface area contributed by atoms with E-state index in [0.29, 0.717) is 32.1 Å². The fourth-order valence-electron chi connectivity index (χ4n) is 4.64. The molecule has 2 amide bonds. The number of carbonyl (C=O) groups excluding carboxylic acids is 1. The van der Waals surface area contributed by atoms with Gasteiger partial charge in [-0.2, -0.15) is 0 Å². The maximum absolute atomic E-state index is 12.7. The zero-order chi connectivity index (χ0) is 21.0. The maximum atomic E-state index is 12.7. The van der Waals surface area contributed by atoms with Gasteiger partial charge in [-0.25, -0.2) is 4.79 Å². The molecule has 1 aliphatic heterocycles. The van der Waals surface area contributed by atoms with Crippen molar-refractivity contribution in [2.45, 2.75) is 44.1 Å². The summed E-state index contributed by atoms with van der Waals surface area (Å²) in [6.07, 6.45) is 3.31. The number of nitrogens with one attached hydrogen (secondary N) is 2. The molecule has 4 rings (SSSR count). The summed E-state index contributed by atoms with van der Waals surface area (Å²) in [6.45, 7) is 4.54. The Morgan fingerprint density at radius 3 is 2.70 bits per heavy atom. The highest BCUT2D eigenvalue weighted by Gasteiger charge is 2.35. The van der Waals surface area contributed by atoms with E-state index in [0.717, 1.165) is 42.6 Å². The molecule has 1 heterocycles. The average Bonchev–Trinajstić information content (AvgIpc) is 3.18. The number of aromatic hydroxyl groups is 1. The number of benzene rings is 2. The molecular weight excluding hydrogens is 380 g/mol. The van der Waals surface area contributed by atoms with Crippen LogP contribution in [-0.2, 0) is 16.6 Å². The van der Waals surface area contributed by atoms with E-state index in [9.17, 15) is 9.90 Å². The molecule has 0 saturated carbocycles. The Morgan fingerprint density at radius 2 is 1.97 bits per heavy atom. The van der Waals surface area contributed by atoms with E-state index in [-0.39, 0.29) is 17.5 Å². The minimum absolute atomic E-state index is 0.0665. The number of amides is 2. The molecule has 1 saturated heterocycles. The Kier molecular flexibility index (Phi) is 6.13. The van der Waals surface area contributed by atoms with Crippen molar-refractivity contribution in [3.63, 3.8) is 0 Å². The van der Waals surface area contributed by atoms with Gasteiger partial charge in [-0.3, -0.25) is 0 Å². The van der Waals surface area contributed by atoms with Crippen LogP contribution in [0.15, 0.2) is 42.5 Å². The van der Waals surface area contributed by atoms with Crippen LogP contribution < -0.4 is 15.4 Å². The molecule has 3 N–H and O–H groups in total. The van der Waals surface area contributed by atoms with E-state index in [2.05, 4.69) is 22.8 Å². The Hall–Kier alpha value is -2.73. The molecule has 6 heteroatoms. The quantitative estimate of drug-likeness (QED) is 0.676. The summed E-state index contributed by atoms with van der Waals surface area (Å²) < 4.78 is 11.2. The van der Waals surface area contributed by atoms with Crippen molar-refractivity contribution in [3.05, 3.63) is 59.2 Å². The number of hydrogen-bond donors (Lipinski definition) is 3. The van der Waals surface area contributed by atoms with Gasteiger partial charge in [0, 0.05) is 25.2 Å². The second-order valence-electron chi connectivity index (χ2n) is 8.11. The summed E-state index contributed by atoms with van der Waals surface area (Å²) in [7, 11) is 0. The van der Waals surface area contributed by atoms with Crippen molar-refractivity contribution in [2.24, 2.45) is 0 Å². The molecule has 160 valence electrons. The van der Waals surface area contributed by atoms with Crippen LogP contribution in [0.4, 0.5) is 4.79 Å². The second kappa shape index (κ2) is 8.96. The summed E-state index contributed by atoms with van der Waals surface area (Å²) in [5.74, 6) is 1.17. The number of ether oxygens (including phenoxy) is 2. The summed E-state index contributed by atoms with van der Waals surface area (Å²) in [5, 5.41) is 16.2. The second-order valence-corrected chi connectivity index (χ2v) is 8.11. The first-order valence-electron chi connectivity index (χ1n) is 10.8. The highest BCUT2D eigenvalue weighted by molar-refractivity contribution is 5.75. The fraction of sp³-hybridized carbons (Fsp3) is 0.458. The lowest BCUT2D eigenvalue weighted by Gasteiger charge is -2.38. The number of hydrogen-bond acceptors (Lipinski definition) is 4. The topological polar surface area (TPSA) is 79.8 Å². The Morgan fingerprint density at radius 1 is 1.20 bits per heavy atom. The molecule has 1 unspecified atom stereocenters. The highest BCUT2D eigenvalue weighted by atomic mass is 16.5. The molecular formula is C24H30N2O4. The number of phenolic OH excluding ortho intramolecular Hbond substituents is 1. The normalized spacial score (nSPS) is 19.7. The van der Waals surface area contributed by atoms with Gasteiger partial charge in [0.15, 0.2) is 0 Å². The van der Waals surface area contributed by atoms with Crippen LogP contribution in [0.25, 0.3) is 0 Å². The average molecular weight is 411 g/mol. The largest absolute Gasteiger partial charge is 0.508 e. The van der Waals surface area contributed by atoms with Crippen molar-refractivity contribution in [1.82, 2.24) is 10.6 Å². The molecule has 1 aliphatic carbocycles. The molecule has 30 heavy (non-hydrogen) atoms. The van der Waals surface area contributed by atoms with E-state index < -0.39 is 0 Å². The van der Waals surface area contributed by atoms with Gasteiger partial charge in [0.25, 0.3) is 0 Å². The first kappa shape index (κ1) is 20.5. The van der Waals surface area contributed by atoms with Gasteiger partial charge in [0.05, 0.1) is 12.6 Å². The Bertz CT molecular complexity index is 875. The minimum Gasteiger partial charge on any atom is -0.508 e. The molecule has 0 radical (unpaired) electrons. The smallest absolute Gasteiger partial charge is 0.315 e. The van der Waals surface area contributed by atoms with Crippen LogP contribution in [0.3, 0.4) is 0 Å². The number of urea groups is 1. The van der Waals surface area contributed by atoms with Gasteiger partial charge in [0.1, 0.15) is 11.5 Å². The molecule has 0 bridgehead atoms. The molecule has 0 aromatic heterocycles. The molecule has 0 spiro atoms. The predicted octanol–water partition coefficient (Wildman–Crippen LogP) is 3.83. The molecule has 2 aliphatic rings. The lowest BCUT2D eigenvalue weighted by Crippen LogP contribution is -2.47. The van der Waals surface area contributed by atoms with Crippen molar-refractivity contribution in [3.8, 4) is 11.5 Å². The number of fused-ring (bicyclic) bond motifs is 1. The molecule has 6 nitrogen and oxygen atoms in total. The van der Waals surface area contributed by atoms with Crippen molar-refractivity contribution in [1.29, 1.82) is 0 Å². The third-order valence-electron chi connectivity index (χ3n) is 6.37. The van der Waals surface area contributed by atoms with Crippen LogP contribution in [0, 0.1) is 0 Å². The Balaban J connectivity index is 1.42. The molecule has 2 aromatic rings. The van der Waals surface area contributed by atoms with Gasteiger partial charge in [0.2, 0.25) is 0 Å². The van der Waals surface area contributed by atoms with Gasteiger partial charge in [-0.05, 0) is 67.5 Å². The zero-order valence-corrected chi connectivity index (χ0v) is 17.4. The SMILES string of the molecule is CCOc1ccc(C2(CNC(=O)NC3CCc4c(O)cccc43)CCOCC2)cc1. The van der Waals surface area contributed by atoms with Crippen molar-refractivity contribution < 1.29 is 19.4 Å². The fourth-order valence-corrected chi connectivity index (χ4v) is 4.64. The van der Waals surface area contributed by atoms with Gasteiger partial charge < -0.3 is 25.2 Å². The standard InChI is InChI=1S/C24H30N2O4/c1-2-30-18-8-6-17(7-9-18)24(12-14-29-15-13-24)16-25-23(28)26-21-11-10-20-19(21)4-3-5-22(20)27/h3-9,21,27H,2,10-16H2,1H3,(H2,25,26,28). The first-order chi connectivity index (χ1) is 14.6. The summed E-state index contributed by atoms with van der Waals surface area (Å²) in [5.41, 5.74) is 3.01. The van der Waals surface area contributed by atoms with Gasteiger partial charge >= 0.3 is 6.03 Å².